The van der Waals surface area contributed by atoms with Gasteiger partial charge in [-0.25, -0.2) is 4.98 Å². The fraction of sp³-hybridized carbons (Fsp3) is 0.227. The first-order valence-electron chi connectivity index (χ1n) is 8.75. The molecule has 28 heavy (non-hydrogen) atoms. The Morgan fingerprint density at radius 3 is 2.29 bits per heavy atom. The Balaban J connectivity index is 1.95. The third kappa shape index (κ3) is 4.04. The van der Waals surface area contributed by atoms with Crippen molar-refractivity contribution in [3.63, 3.8) is 0 Å². The van der Waals surface area contributed by atoms with Gasteiger partial charge < -0.3 is 5.73 Å². The summed E-state index contributed by atoms with van der Waals surface area (Å²) in [6.07, 6.45) is 0. The van der Waals surface area contributed by atoms with E-state index in [0.29, 0.717) is 21.9 Å². The molecule has 1 aromatic carbocycles. The maximum atomic E-state index is 9.78. The van der Waals surface area contributed by atoms with Gasteiger partial charge in [-0.1, -0.05) is 51.1 Å². The van der Waals surface area contributed by atoms with Gasteiger partial charge in [-0.05, 0) is 28.0 Å². The number of hydrogen-bond acceptors (Lipinski definition) is 6. The molecule has 0 unspecified atom stereocenters. The van der Waals surface area contributed by atoms with Crippen LogP contribution in [-0.4, -0.2) is 4.98 Å². The Labute approximate surface area is 173 Å². The number of nitrogen functional groups attached to an aromatic ring is 1. The molecule has 140 valence electrons. The number of thioether (sulfide) groups is 1. The van der Waals surface area contributed by atoms with E-state index >= 15 is 0 Å². The van der Waals surface area contributed by atoms with Gasteiger partial charge >= 0.3 is 0 Å². The van der Waals surface area contributed by atoms with Crippen LogP contribution in [0.2, 0.25) is 0 Å². The van der Waals surface area contributed by atoms with Gasteiger partial charge in [0, 0.05) is 16.2 Å². The van der Waals surface area contributed by atoms with E-state index in [9.17, 15) is 10.5 Å². The number of nitriles is 2. The second kappa shape index (κ2) is 8.06. The third-order valence-electron chi connectivity index (χ3n) is 4.38. The lowest BCUT2D eigenvalue weighted by molar-refractivity contribution is 0.590. The molecule has 0 saturated heterocycles. The summed E-state index contributed by atoms with van der Waals surface area (Å²) < 4.78 is 0. The van der Waals surface area contributed by atoms with Gasteiger partial charge in [0.1, 0.15) is 28.5 Å². The van der Waals surface area contributed by atoms with Crippen LogP contribution in [0, 0.1) is 22.7 Å². The van der Waals surface area contributed by atoms with Crippen LogP contribution in [-0.2, 0) is 11.2 Å². The Morgan fingerprint density at radius 1 is 1.07 bits per heavy atom. The highest BCUT2D eigenvalue weighted by Gasteiger charge is 2.21. The highest BCUT2D eigenvalue weighted by atomic mass is 32.2. The molecule has 0 spiro atoms. The summed E-state index contributed by atoms with van der Waals surface area (Å²) in [6.45, 7) is 6.56. The maximum absolute atomic E-state index is 9.78. The van der Waals surface area contributed by atoms with Crippen LogP contribution in [0.25, 0.3) is 10.4 Å². The minimum atomic E-state index is 0.110. The summed E-state index contributed by atoms with van der Waals surface area (Å²) in [7, 11) is 0. The molecule has 0 atom stereocenters. The summed E-state index contributed by atoms with van der Waals surface area (Å²) in [6, 6.07) is 16.6. The van der Waals surface area contributed by atoms with E-state index in [1.807, 2.05) is 17.5 Å². The van der Waals surface area contributed by atoms with Gasteiger partial charge in [-0.3, -0.25) is 0 Å². The number of nitrogens with zero attached hydrogens (tertiary/aromatic N) is 3. The summed E-state index contributed by atoms with van der Waals surface area (Å²) in [4.78, 5) is 5.20. The second-order valence-electron chi connectivity index (χ2n) is 7.36. The van der Waals surface area contributed by atoms with E-state index in [0.717, 1.165) is 10.4 Å². The monoisotopic (exact) mass is 404 g/mol. The fourth-order valence-corrected chi connectivity index (χ4v) is 4.56. The molecule has 0 radical (unpaired) electrons. The van der Waals surface area contributed by atoms with E-state index in [1.54, 1.807) is 0 Å². The molecule has 0 aliphatic heterocycles. The zero-order valence-corrected chi connectivity index (χ0v) is 17.6. The number of aromatic nitrogens is 1. The minimum absolute atomic E-state index is 0.110. The topological polar surface area (TPSA) is 86.5 Å². The van der Waals surface area contributed by atoms with E-state index in [1.165, 1.54) is 28.7 Å². The number of benzene rings is 1. The molecule has 3 aromatic rings. The van der Waals surface area contributed by atoms with Crippen LogP contribution in [0.15, 0.2) is 46.8 Å². The lowest BCUT2D eigenvalue weighted by atomic mass is 9.87. The molecule has 3 rings (SSSR count). The Kier molecular flexibility index (Phi) is 5.74. The molecule has 0 aliphatic rings. The van der Waals surface area contributed by atoms with Crippen LogP contribution in [0.4, 0.5) is 5.82 Å². The Hall–Kier alpha value is -2.80. The van der Waals surface area contributed by atoms with Crippen molar-refractivity contribution in [3.05, 3.63) is 64.0 Å². The Morgan fingerprint density at radius 2 is 1.75 bits per heavy atom. The van der Waals surface area contributed by atoms with Gasteiger partial charge in [-0.2, -0.15) is 10.5 Å². The van der Waals surface area contributed by atoms with Crippen LogP contribution in [0.3, 0.4) is 0 Å². The molecular weight excluding hydrogens is 384 g/mol. The quantitative estimate of drug-likeness (QED) is 0.562. The average Bonchev–Trinajstić information content (AvgIpc) is 3.19. The molecule has 6 heteroatoms. The van der Waals surface area contributed by atoms with Crippen molar-refractivity contribution in [2.24, 2.45) is 0 Å². The average molecular weight is 405 g/mol. The first kappa shape index (κ1) is 19.9. The van der Waals surface area contributed by atoms with Crippen LogP contribution in [0.5, 0.6) is 0 Å². The second-order valence-corrected chi connectivity index (χ2v) is 9.28. The van der Waals surface area contributed by atoms with E-state index in [-0.39, 0.29) is 16.8 Å². The fourth-order valence-electron chi connectivity index (χ4n) is 2.82. The molecule has 2 heterocycles. The number of rotatable bonds is 4. The van der Waals surface area contributed by atoms with Crippen molar-refractivity contribution >= 4 is 28.9 Å². The molecule has 0 amide bonds. The molecule has 4 nitrogen and oxygen atoms in total. The van der Waals surface area contributed by atoms with Crippen LogP contribution >= 0.6 is 23.1 Å². The van der Waals surface area contributed by atoms with Gasteiger partial charge in [0.05, 0.1) is 5.56 Å². The first-order valence-corrected chi connectivity index (χ1v) is 10.6. The molecule has 0 aliphatic carbocycles. The number of thiophene rings is 1. The van der Waals surface area contributed by atoms with Crippen molar-refractivity contribution in [3.8, 4) is 22.6 Å². The molecule has 2 N–H and O–H groups in total. The molecule has 2 aromatic heterocycles. The summed E-state index contributed by atoms with van der Waals surface area (Å²) in [5.74, 6) is 0.830. The number of hydrogen-bond donors (Lipinski definition) is 1. The number of nitrogens with two attached hydrogens (primary N) is 1. The van der Waals surface area contributed by atoms with Gasteiger partial charge in [0.25, 0.3) is 0 Å². The molecule has 0 bridgehead atoms. The maximum Gasteiger partial charge on any atom is 0.143 e. The third-order valence-corrected chi connectivity index (χ3v) is 6.31. The largest absolute Gasteiger partial charge is 0.383 e. The zero-order valence-electron chi connectivity index (χ0n) is 16.0. The number of anilines is 1. The van der Waals surface area contributed by atoms with Crippen molar-refractivity contribution in [2.75, 3.05) is 5.73 Å². The van der Waals surface area contributed by atoms with Crippen molar-refractivity contribution in [1.29, 1.82) is 10.5 Å². The highest BCUT2D eigenvalue weighted by molar-refractivity contribution is 7.98. The van der Waals surface area contributed by atoms with Crippen molar-refractivity contribution < 1.29 is 0 Å². The highest BCUT2D eigenvalue weighted by Crippen LogP contribution is 2.38. The van der Waals surface area contributed by atoms with E-state index < -0.39 is 0 Å². The first-order chi connectivity index (χ1) is 13.3. The lowest BCUT2D eigenvalue weighted by Crippen LogP contribution is -2.10. The molecule has 0 saturated carbocycles. The summed E-state index contributed by atoms with van der Waals surface area (Å²) in [5, 5.41) is 21.8. The normalized spacial score (nSPS) is 11.0. The molecule has 0 fully saturated rings. The molecular formula is C22H20N4S2. The summed E-state index contributed by atoms with van der Waals surface area (Å²) in [5.41, 5.74) is 9.83. The van der Waals surface area contributed by atoms with E-state index in [2.05, 4.69) is 62.2 Å². The minimum Gasteiger partial charge on any atom is -0.383 e. The summed E-state index contributed by atoms with van der Waals surface area (Å²) >= 11 is 2.94. The SMILES string of the molecule is CC(C)(C)c1ccc(CSc2nc(N)c(C#N)c(-c3cccs3)c2C#N)cc1. The van der Waals surface area contributed by atoms with Gasteiger partial charge in [-0.15, -0.1) is 23.1 Å². The van der Waals surface area contributed by atoms with Crippen molar-refractivity contribution in [1.82, 2.24) is 4.98 Å². The standard InChI is InChI=1S/C22H20N4S2/c1-22(2,3)15-8-6-14(7-9-15)13-28-21-17(12-24)19(18-5-4-10-27-18)16(11-23)20(25)26-21/h4-10H,13H2,1-3H3,(H2,25,26). The zero-order chi connectivity index (χ0) is 20.3. The number of pyridine rings is 1. The lowest BCUT2D eigenvalue weighted by Gasteiger charge is -2.19. The van der Waals surface area contributed by atoms with Gasteiger partial charge in [0.2, 0.25) is 0 Å². The predicted octanol–water partition coefficient (Wildman–Crippen LogP) is 5.73. The predicted molar refractivity (Wildman–Crippen MR) is 116 cm³/mol. The van der Waals surface area contributed by atoms with Crippen molar-refractivity contribution in [2.45, 2.75) is 37.0 Å². The smallest absolute Gasteiger partial charge is 0.143 e. The van der Waals surface area contributed by atoms with Gasteiger partial charge in [0.15, 0.2) is 0 Å². The van der Waals surface area contributed by atoms with Crippen LogP contribution in [0.1, 0.15) is 43.0 Å². The van der Waals surface area contributed by atoms with E-state index in [4.69, 9.17) is 5.73 Å². The van der Waals surface area contributed by atoms with Crippen LogP contribution < -0.4 is 5.73 Å². The Bertz CT molecular complexity index is 1060.